The fourth-order valence-corrected chi connectivity index (χ4v) is 1.99. The molecule has 0 aromatic heterocycles. The van der Waals surface area contributed by atoms with Crippen LogP contribution in [-0.4, -0.2) is 16.1 Å². The zero-order chi connectivity index (χ0) is 15.0. The maximum absolute atomic E-state index is 11.8. The summed E-state index contributed by atoms with van der Waals surface area (Å²) in [4.78, 5) is 21.8. The van der Waals surface area contributed by atoms with Gasteiger partial charge in [-0.3, -0.25) is 9.59 Å². The monoisotopic (exact) mass is 289 g/mol. The first-order valence-electron chi connectivity index (χ1n) is 5.81. The molecule has 20 heavy (non-hydrogen) atoms. The Labute approximate surface area is 121 Å². The van der Waals surface area contributed by atoms with E-state index in [1.807, 2.05) is 18.2 Å². The van der Waals surface area contributed by atoms with Crippen LogP contribution in [0.2, 0.25) is 0 Å². The molecule has 3 N–H and O–H groups in total. The summed E-state index contributed by atoms with van der Waals surface area (Å²) in [6.45, 7) is 1.31. The van der Waals surface area contributed by atoms with Crippen LogP contribution < -0.4 is 5.73 Å². The Morgan fingerprint density at radius 1 is 1.00 bits per heavy atom. The number of nitrogens with two attached hydrogens (primary N) is 1. The number of aromatic hydroxyl groups is 1. The molecule has 0 radical (unpaired) electrons. The molecule has 0 spiro atoms. The predicted octanol–water partition coefficient (Wildman–Crippen LogP) is 2.82. The molecule has 0 heterocycles. The molecule has 0 atom stereocenters. The highest BCUT2D eigenvalue weighted by Crippen LogP contribution is 2.24. The summed E-state index contributed by atoms with van der Waals surface area (Å²) < 4.78 is 0. The van der Waals surface area contributed by atoms with Crippen LogP contribution in [0.15, 0.2) is 59.5 Å². The maximum Gasteiger partial charge on any atom is 0.224 e. The number of rotatable bonds is 2. The van der Waals surface area contributed by atoms with Gasteiger partial charge in [0.1, 0.15) is 5.75 Å². The zero-order valence-electron chi connectivity index (χ0n) is 10.9. The molecule has 2 aromatic rings. The summed E-state index contributed by atoms with van der Waals surface area (Å²) in [5, 5.41) is 9.12. The van der Waals surface area contributed by atoms with E-state index in [4.69, 9.17) is 5.11 Å². The van der Waals surface area contributed by atoms with Gasteiger partial charge >= 0.3 is 0 Å². The predicted molar refractivity (Wildman–Crippen MR) is 79.6 cm³/mol. The number of benzene rings is 2. The van der Waals surface area contributed by atoms with E-state index in [1.54, 1.807) is 36.4 Å². The van der Waals surface area contributed by atoms with E-state index in [0.717, 1.165) is 16.7 Å². The third-order valence-electron chi connectivity index (χ3n) is 2.06. The molecule has 0 unspecified atom stereocenters. The van der Waals surface area contributed by atoms with E-state index in [-0.39, 0.29) is 16.8 Å². The topological polar surface area (TPSA) is 80.4 Å². The van der Waals surface area contributed by atoms with Crippen molar-refractivity contribution in [2.75, 3.05) is 0 Å². The van der Waals surface area contributed by atoms with E-state index < -0.39 is 0 Å². The average molecular weight is 289 g/mol. The highest BCUT2D eigenvalue weighted by Gasteiger charge is 2.06. The number of primary amides is 1. The minimum absolute atomic E-state index is 0.00582. The van der Waals surface area contributed by atoms with Crippen LogP contribution in [-0.2, 0) is 4.79 Å². The molecule has 5 heteroatoms. The summed E-state index contributed by atoms with van der Waals surface area (Å²) in [5.74, 6) is -0.128. The highest BCUT2D eigenvalue weighted by atomic mass is 32.2. The SMILES string of the molecule is CC(N)=O.O=C(Sc1ccc(O)cc1)c1ccccc1. The van der Waals surface area contributed by atoms with Gasteiger partial charge < -0.3 is 10.8 Å². The van der Waals surface area contributed by atoms with E-state index in [0.29, 0.717) is 5.56 Å². The van der Waals surface area contributed by atoms with Gasteiger partial charge in [-0.1, -0.05) is 30.3 Å². The van der Waals surface area contributed by atoms with Crippen LogP contribution in [0.25, 0.3) is 0 Å². The standard InChI is InChI=1S/C13H10O2S.C2H5NO/c14-11-6-8-12(9-7-11)16-13(15)10-4-2-1-3-5-10;1-2(3)4/h1-9,14H;1H3,(H2,3,4). The second kappa shape index (κ2) is 8.01. The second-order valence-corrected chi connectivity index (χ2v) is 4.91. The van der Waals surface area contributed by atoms with Crippen LogP contribution in [0.4, 0.5) is 0 Å². The second-order valence-electron chi connectivity index (χ2n) is 3.86. The van der Waals surface area contributed by atoms with E-state index >= 15 is 0 Å². The van der Waals surface area contributed by atoms with Crippen LogP contribution in [0.3, 0.4) is 0 Å². The highest BCUT2D eigenvalue weighted by molar-refractivity contribution is 8.14. The number of amides is 1. The summed E-state index contributed by atoms with van der Waals surface area (Å²) in [5.41, 5.74) is 5.15. The van der Waals surface area contributed by atoms with Gasteiger partial charge in [-0.15, -0.1) is 0 Å². The third-order valence-corrected chi connectivity index (χ3v) is 2.99. The lowest BCUT2D eigenvalue weighted by atomic mass is 10.2. The van der Waals surface area contributed by atoms with Gasteiger partial charge in [0.15, 0.2) is 0 Å². The van der Waals surface area contributed by atoms with Crippen molar-refractivity contribution in [2.45, 2.75) is 11.8 Å². The number of phenols is 1. The van der Waals surface area contributed by atoms with E-state index in [9.17, 15) is 9.59 Å². The molecule has 0 saturated heterocycles. The molecule has 0 bridgehead atoms. The third kappa shape index (κ3) is 6.06. The van der Waals surface area contributed by atoms with Crippen molar-refractivity contribution in [1.29, 1.82) is 0 Å². The van der Waals surface area contributed by atoms with Gasteiger partial charge in [-0.05, 0) is 36.0 Å². The first kappa shape index (κ1) is 15.8. The zero-order valence-corrected chi connectivity index (χ0v) is 11.8. The van der Waals surface area contributed by atoms with E-state index in [2.05, 4.69) is 5.73 Å². The first-order chi connectivity index (χ1) is 9.49. The Hall–Kier alpha value is -2.27. The Morgan fingerprint density at radius 3 is 2.00 bits per heavy atom. The van der Waals surface area contributed by atoms with Gasteiger partial charge in [0.05, 0.1) is 0 Å². The molecular weight excluding hydrogens is 274 g/mol. The Kier molecular flexibility index (Phi) is 6.32. The maximum atomic E-state index is 11.8. The van der Waals surface area contributed by atoms with Crippen LogP contribution in [0.1, 0.15) is 17.3 Å². The first-order valence-corrected chi connectivity index (χ1v) is 6.63. The molecule has 0 fully saturated rings. The normalized spacial score (nSPS) is 9.25. The molecule has 4 nitrogen and oxygen atoms in total. The van der Waals surface area contributed by atoms with Gasteiger partial charge in [-0.2, -0.15) is 0 Å². The molecule has 2 rings (SSSR count). The molecule has 2 aromatic carbocycles. The van der Waals surface area contributed by atoms with Crippen molar-refractivity contribution in [3.05, 3.63) is 60.2 Å². The minimum Gasteiger partial charge on any atom is -0.508 e. The lowest BCUT2D eigenvalue weighted by Gasteiger charge is -2.00. The lowest BCUT2D eigenvalue weighted by molar-refractivity contribution is -0.115. The van der Waals surface area contributed by atoms with Crippen LogP contribution in [0, 0.1) is 0 Å². The number of carbonyl (C=O) groups excluding carboxylic acids is 2. The largest absolute Gasteiger partial charge is 0.508 e. The van der Waals surface area contributed by atoms with Crippen molar-refractivity contribution >= 4 is 22.8 Å². The Bertz CT molecular complexity index is 563. The smallest absolute Gasteiger partial charge is 0.224 e. The average Bonchev–Trinajstić information content (AvgIpc) is 2.42. The quantitative estimate of drug-likeness (QED) is 0.833. The number of thioether (sulfide) groups is 1. The number of hydrogen-bond donors (Lipinski definition) is 2. The Morgan fingerprint density at radius 2 is 1.50 bits per heavy atom. The summed E-state index contributed by atoms with van der Waals surface area (Å²) in [7, 11) is 0. The molecule has 0 saturated carbocycles. The van der Waals surface area contributed by atoms with Gasteiger partial charge in [0, 0.05) is 17.4 Å². The molecule has 1 amide bonds. The number of phenolic OH excluding ortho intramolecular Hbond substituents is 1. The van der Waals surface area contributed by atoms with Gasteiger partial charge in [-0.25, -0.2) is 0 Å². The molecule has 104 valence electrons. The van der Waals surface area contributed by atoms with Crippen molar-refractivity contribution in [3.8, 4) is 5.75 Å². The lowest BCUT2D eigenvalue weighted by Crippen LogP contribution is -2.01. The summed E-state index contributed by atoms with van der Waals surface area (Å²) in [6, 6.07) is 15.7. The van der Waals surface area contributed by atoms with Gasteiger partial charge in [0.25, 0.3) is 0 Å². The van der Waals surface area contributed by atoms with Crippen molar-refractivity contribution in [3.63, 3.8) is 0 Å². The van der Waals surface area contributed by atoms with Crippen molar-refractivity contribution in [1.82, 2.24) is 0 Å². The van der Waals surface area contributed by atoms with Crippen molar-refractivity contribution in [2.24, 2.45) is 5.73 Å². The van der Waals surface area contributed by atoms with E-state index in [1.165, 1.54) is 6.92 Å². The fraction of sp³-hybridized carbons (Fsp3) is 0.0667. The molecule has 0 aliphatic rings. The van der Waals surface area contributed by atoms with Crippen LogP contribution in [0.5, 0.6) is 5.75 Å². The fourth-order valence-electron chi connectivity index (χ4n) is 1.25. The van der Waals surface area contributed by atoms with Gasteiger partial charge in [0.2, 0.25) is 11.0 Å². The number of hydrogen-bond acceptors (Lipinski definition) is 4. The number of carbonyl (C=O) groups is 2. The summed E-state index contributed by atoms with van der Waals surface area (Å²) >= 11 is 1.16. The molecular formula is C15H15NO3S. The Balaban J connectivity index is 0.000000444. The van der Waals surface area contributed by atoms with Crippen molar-refractivity contribution < 1.29 is 14.7 Å². The minimum atomic E-state index is -0.333. The molecule has 0 aliphatic carbocycles. The molecule has 0 aliphatic heterocycles. The summed E-state index contributed by atoms with van der Waals surface area (Å²) in [6.07, 6.45) is 0. The van der Waals surface area contributed by atoms with Crippen LogP contribution >= 0.6 is 11.8 Å².